The summed E-state index contributed by atoms with van der Waals surface area (Å²) in [5.41, 5.74) is 11.6. The molecule has 0 unspecified atom stereocenters. The van der Waals surface area contributed by atoms with Crippen molar-refractivity contribution in [1.29, 1.82) is 0 Å². The van der Waals surface area contributed by atoms with Gasteiger partial charge in [0.15, 0.2) is 0 Å². The largest absolute Gasteiger partial charge is 0.456 e. The van der Waals surface area contributed by atoms with Gasteiger partial charge in [-0.05, 0) is 108 Å². The number of aryl methyl sites for hydroxylation is 2. The minimum Gasteiger partial charge on any atom is -0.456 e. The third kappa shape index (κ3) is 3.86. The molecule has 0 aliphatic carbocycles. The maximum Gasteiger partial charge on any atom is 0.200 e. The summed E-state index contributed by atoms with van der Waals surface area (Å²) >= 11 is 0. The molecule has 200 valence electrons. The quantitative estimate of drug-likeness (QED) is 0.209. The number of fused-ring (bicyclic) bond motifs is 5. The first-order chi connectivity index (χ1) is 20.5. The minimum absolute atomic E-state index is 0.00110. The van der Waals surface area contributed by atoms with Crippen molar-refractivity contribution in [2.75, 3.05) is 0 Å². The molecule has 6 aromatic carbocycles. The Labute approximate surface area is 242 Å². The molecule has 0 aliphatic rings. The minimum atomic E-state index is -0.00110. The first kappa shape index (κ1) is 24.4. The topological polar surface area (TPSA) is 35.1 Å². The van der Waals surface area contributed by atoms with E-state index in [0.717, 1.165) is 22.3 Å². The fraction of sp³-hybridized carbons (Fsp3) is 0.0513. The van der Waals surface area contributed by atoms with Crippen molar-refractivity contribution in [3.63, 3.8) is 0 Å². The summed E-state index contributed by atoms with van der Waals surface area (Å²) in [6.45, 7) is 4.30. The summed E-state index contributed by atoms with van der Waals surface area (Å²) in [6, 6.07) is 44.0. The maximum atomic E-state index is 13.1. The molecule has 2 aromatic heterocycles. The Bertz CT molecular complexity index is 2370. The summed E-state index contributed by atoms with van der Waals surface area (Å²) in [5.74, 6) is 0. The van der Waals surface area contributed by atoms with Crippen LogP contribution in [0.1, 0.15) is 11.1 Å². The predicted octanol–water partition coefficient (Wildman–Crippen LogP) is 9.99. The van der Waals surface area contributed by atoms with Crippen LogP contribution in [0.4, 0.5) is 0 Å². The third-order valence-corrected chi connectivity index (χ3v) is 8.25. The highest BCUT2D eigenvalue weighted by molar-refractivity contribution is 6.11. The van der Waals surface area contributed by atoms with Crippen LogP contribution in [-0.2, 0) is 0 Å². The van der Waals surface area contributed by atoms with Gasteiger partial charge >= 0.3 is 0 Å². The second-order valence-electron chi connectivity index (χ2n) is 11.1. The number of aromatic nitrogens is 1. The molecule has 8 aromatic rings. The van der Waals surface area contributed by atoms with E-state index < -0.39 is 0 Å². The molecule has 0 fully saturated rings. The first-order valence-corrected chi connectivity index (χ1v) is 14.2. The van der Waals surface area contributed by atoms with Gasteiger partial charge in [-0.15, -0.1) is 0 Å². The van der Waals surface area contributed by atoms with E-state index in [1.165, 1.54) is 38.5 Å². The van der Waals surface area contributed by atoms with Crippen molar-refractivity contribution in [3.8, 4) is 27.9 Å². The predicted molar refractivity (Wildman–Crippen MR) is 175 cm³/mol. The third-order valence-electron chi connectivity index (χ3n) is 8.25. The standard InChI is InChI=1S/C39H27NO2/c1-24-18-25(2)20-30(19-24)40-35-16-13-27(26-8-4-3-5-9-26)21-33(35)34-22-28(14-17-36(34)40)29-12-15-32-38(23-29)42-37-11-7-6-10-31(37)39(32)41/h3-23H,1-2H3. The Balaban J connectivity index is 1.38. The van der Waals surface area contributed by atoms with Gasteiger partial charge in [0.25, 0.3) is 0 Å². The lowest BCUT2D eigenvalue weighted by atomic mass is 9.99. The van der Waals surface area contributed by atoms with E-state index in [4.69, 9.17) is 4.42 Å². The summed E-state index contributed by atoms with van der Waals surface area (Å²) < 4.78 is 8.56. The van der Waals surface area contributed by atoms with Crippen LogP contribution in [0.15, 0.2) is 137 Å². The lowest BCUT2D eigenvalue weighted by molar-refractivity contribution is 0.660. The van der Waals surface area contributed by atoms with E-state index in [1.807, 2.05) is 42.5 Å². The van der Waals surface area contributed by atoms with Crippen molar-refractivity contribution < 1.29 is 4.42 Å². The number of hydrogen-bond donors (Lipinski definition) is 0. The van der Waals surface area contributed by atoms with Crippen molar-refractivity contribution in [2.45, 2.75) is 13.8 Å². The lowest BCUT2D eigenvalue weighted by Gasteiger charge is -2.11. The molecule has 0 saturated carbocycles. The van der Waals surface area contributed by atoms with Crippen molar-refractivity contribution in [3.05, 3.63) is 149 Å². The number of benzene rings is 6. The Morgan fingerprint density at radius 3 is 1.76 bits per heavy atom. The van der Waals surface area contributed by atoms with Gasteiger partial charge in [-0.25, -0.2) is 0 Å². The SMILES string of the molecule is Cc1cc(C)cc(-n2c3ccc(-c4ccccc4)cc3c3cc(-c4ccc5c(=O)c6ccccc6oc5c4)ccc32)c1. The fourth-order valence-electron chi connectivity index (χ4n) is 6.35. The second-order valence-corrected chi connectivity index (χ2v) is 11.1. The normalized spacial score (nSPS) is 11.7. The highest BCUT2D eigenvalue weighted by Gasteiger charge is 2.16. The van der Waals surface area contributed by atoms with Gasteiger partial charge in [-0.1, -0.05) is 66.7 Å². The maximum absolute atomic E-state index is 13.1. The first-order valence-electron chi connectivity index (χ1n) is 14.2. The van der Waals surface area contributed by atoms with Crippen molar-refractivity contribution >= 4 is 43.7 Å². The van der Waals surface area contributed by atoms with Crippen LogP contribution < -0.4 is 5.43 Å². The molecule has 0 radical (unpaired) electrons. The highest BCUT2D eigenvalue weighted by atomic mass is 16.3. The molecule has 3 heteroatoms. The van der Waals surface area contributed by atoms with Gasteiger partial charge < -0.3 is 8.98 Å². The Kier molecular flexibility index (Phi) is 5.41. The van der Waals surface area contributed by atoms with E-state index >= 15 is 0 Å². The summed E-state index contributed by atoms with van der Waals surface area (Å²) in [5, 5.41) is 3.58. The zero-order valence-electron chi connectivity index (χ0n) is 23.4. The summed E-state index contributed by atoms with van der Waals surface area (Å²) in [4.78, 5) is 13.1. The second kappa shape index (κ2) is 9.32. The average molecular weight is 542 g/mol. The molecule has 0 N–H and O–H groups in total. The van der Waals surface area contributed by atoms with Crippen LogP contribution in [0.25, 0.3) is 71.7 Å². The molecule has 0 atom stereocenters. The van der Waals surface area contributed by atoms with Crippen molar-refractivity contribution in [1.82, 2.24) is 4.57 Å². The number of hydrogen-bond acceptors (Lipinski definition) is 2. The van der Waals surface area contributed by atoms with E-state index in [1.54, 1.807) is 0 Å². The molecule has 0 amide bonds. The molecule has 0 aliphatic heterocycles. The fourth-order valence-corrected chi connectivity index (χ4v) is 6.35. The van der Waals surface area contributed by atoms with Crippen LogP contribution >= 0.6 is 0 Å². The van der Waals surface area contributed by atoms with Gasteiger partial charge in [-0.3, -0.25) is 4.79 Å². The van der Waals surface area contributed by atoms with Gasteiger partial charge in [0, 0.05) is 16.5 Å². The smallest absolute Gasteiger partial charge is 0.200 e. The summed E-state index contributed by atoms with van der Waals surface area (Å²) in [7, 11) is 0. The van der Waals surface area contributed by atoms with E-state index in [0.29, 0.717) is 21.9 Å². The van der Waals surface area contributed by atoms with Gasteiger partial charge in [0.05, 0.1) is 21.8 Å². The Hall–Kier alpha value is -5.41. The zero-order valence-corrected chi connectivity index (χ0v) is 23.4. The monoisotopic (exact) mass is 541 g/mol. The van der Waals surface area contributed by atoms with E-state index in [-0.39, 0.29) is 5.43 Å². The lowest BCUT2D eigenvalue weighted by Crippen LogP contribution is -2.01. The van der Waals surface area contributed by atoms with Crippen LogP contribution in [0.5, 0.6) is 0 Å². The van der Waals surface area contributed by atoms with Gasteiger partial charge in [0.2, 0.25) is 5.43 Å². The van der Waals surface area contributed by atoms with Gasteiger partial charge in [0.1, 0.15) is 11.2 Å². The van der Waals surface area contributed by atoms with E-state index in [2.05, 4.69) is 103 Å². The van der Waals surface area contributed by atoms with Crippen LogP contribution in [0.3, 0.4) is 0 Å². The van der Waals surface area contributed by atoms with Crippen LogP contribution in [0.2, 0.25) is 0 Å². The molecule has 0 spiro atoms. The van der Waals surface area contributed by atoms with Crippen molar-refractivity contribution in [2.24, 2.45) is 0 Å². The molecular weight excluding hydrogens is 514 g/mol. The molecule has 42 heavy (non-hydrogen) atoms. The summed E-state index contributed by atoms with van der Waals surface area (Å²) in [6.07, 6.45) is 0. The molecule has 0 bridgehead atoms. The van der Waals surface area contributed by atoms with Gasteiger partial charge in [-0.2, -0.15) is 0 Å². The highest BCUT2D eigenvalue weighted by Crippen LogP contribution is 2.38. The molecular formula is C39H27NO2. The van der Waals surface area contributed by atoms with Crippen LogP contribution in [0, 0.1) is 13.8 Å². The Morgan fingerprint density at radius 1 is 0.476 bits per heavy atom. The number of rotatable bonds is 3. The molecule has 2 heterocycles. The number of para-hydroxylation sites is 1. The Morgan fingerprint density at radius 2 is 1.05 bits per heavy atom. The number of nitrogens with zero attached hydrogens (tertiary/aromatic N) is 1. The molecule has 3 nitrogen and oxygen atoms in total. The van der Waals surface area contributed by atoms with E-state index in [9.17, 15) is 4.79 Å². The average Bonchev–Trinajstić information content (AvgIpc) is 3.34. The van der Waals surface area contributed by atoms with Crippen LogP contribution in [-0.4, -0.2) is 4.57 Å². The molecule has 8 rings (SSSR count). The zero-order chi connectivity index (χ0) is 28.4. The molecule has 0 saturated heterocycles.